The lowest BCUT2D eigenvalue weighted by Gasteiger charge is -2.01. The summed E-state index contributed by atoms with van der Waals surface area (Å²) in [5.74, 6) is -0.292. The Kier molecular flexibility index (Phi) is 4.17. The maximum absolute atomic E-state index is 11.9. The molecule has 0 radical (unpaired) electrons. The molecule has 0 spiro atoms. The maximum Gasteiger partial charge on any atom is 0.271 e. The molecule has 3 nitrogen and oxygen atoms in total. The zero-order valence-electron chi connectivity index (χ0n) is 11.7. The first-order valence-corrected chi connectivity index (χ1v) is 7.18. The standard InChI is InChI=1S/C18H13ClN2O/c19-17-7-3-6-16(11-17)18(22)21-20-12-13-8-9-14-4-1-2-5-15(14)10-13/h1-12H,(H,21,22). The fourth-order valence-electron chi connectivity index (χ4n) is 2.15. The van der Waals surface area contributed by atoms with Crippen molar-refractivity contribution < 1.29 is 4.79 Å². The van der Waals surface area contributed by atoms with Crippen molar-refractivity contribution in [1.29, 1.82) is 0 Å². The van der Waals surface area contributed by atoms with E-state index in [-0.39, 0.29) is 5.91 Å². The fraction of sp³-hybridized carbons (Fsp3) is 0. The highest BCUT2D eigenvalue weighted by atomic mass is 35.5. The molecule has 0 saturated heterocycles. The van der Waals surface area contributed by atoms with E-state index in [9.17, 15) is 4.79 Å². The van der Waals surface area contributed by atoms with Crippen LogP contribution in [0.1, 0.15) is 15.9 Å². The molecule has 108 valence electrons. The van der Waals surface area contributed by atoms with E-state index in [1.54, 1.807) is 30.5 Å². The van der Waals surface area contributed by atoms with Crippen LogP contribution < -0.4 is 5.43 Å². The Morgan fingerprint density at radius 3 is 2.59 bits per heavy atom. The van der Waals surface area contributed by atoms with Crippen LogP contribution in [0.5, 0.6) is 0 Å². The van der Waals surface area contributed by atoms with Crippen molar-refractivity contribution in [3.8, 4) is 0 Å². The highest BCUT2D eigenvalue weighted by molar-refractivity contribution is 6.30. The molecule has 1 N–H and O–H groups in total. The predicted molar refractivity (Wildman–Crippen MR) is 90.5 cm³/mol. The van der Waals surface area contributed by atoms with Gasteiger partial charge >= 0.3 is 0 Å². The molecule has 4 heteroatoms. The zero-order valence-corrected chi connectivity index (χ0v) is 12.4. The highest BCUT2D eigenvalue weighted by Gasteiger charge is 2.03. The summed E-state index contributed by atoms with van der Waals surface area (Å²) >= 11 is 5.86. The minimum absolute atomic E-state index is 0.292. The Labute approximate surface area is 133 Å². The van der Waals surface area contributed by atoms with Crippen molar-refractivity contribution in [1.82, 2.24) is 5.43 Å². The van der Waals surface area contributed by atoms with Crippen LogP contribution in [-0.4, -0.2) is 12.1 Å². The lowest BCUT2D eigenvalue weighted by atomic mass is 10.1. The molecule has 3 rings (SSSR count). The molecule has 0 aromatic heterocycles. The summed E-state index contributed by atoms with van der Waals surface area (Å²) < 4.78 is 0. The van der Waals surface area contributed by atoms with Gasteiger partial charge in [0.1, 0.15) is 0 Å². The first-order chi connectivity index (χ1) is 10.7. The van der Waals surface area contributed by atoms with Gasteiger partial charge in [-0.3, -0.25) is 4.79 Å². The molecule has 1 amide bonds. The van der Waals surface area contributed by atoms with Gasteiger partial charge in [-0.25, -0.2) is 5.43 Å². The third-order valence-corrected chi connectivity index (χ3v) is 3.48. The molecule has 0 aliphatic rings. The molecule has 0 fully saturated rings. The number of hydrazone groups is 1. The number of nitrogens with one attached hydrogen (secondary N) is 1. The fourth-order valence-corrected chi connectivity index (χ4v) is 2.34. The molecule has 0 atom stereocenters. The van der Waals surface area contributed by atoms with Crippen molar-refractivity contribution >= 4 is 34.5 Å². The normalized spacial score (nSPS) is 11.0. The number of carbonyl (C=O) groups is 1. The average molecular weight is 309 g/mol. The third kappa shape index (κ3) is 3.32. The van der Waals surface area contributed by atoms with E-state index in [4.69, 9.17) is 11.6 Å². The SMILES string of the molecule is O=C(NN=Cc1ccc2ccccc2c1)c1cccc(Cl)c1. The number of rotatable bonds is 3. The predicted octanol–water partition coefficient (Wildman–Crippen LogP) is 4.26. The number of halogens is 1. The lowest BCUT2D eigenvalue weighted by Crippen LogP contribution is -2.17. The second kappa shape index (κ2) is 6.41. The van der Waals surface area contributed by atoms with Gasteiger partial charge in [0, 0.05) is 10.6 Å². The van der Waals surface area contributed by atoms with Gasteiger partial charge in [0.15, 0.2) is 0 Å². The summed E-state index contributed by atoms with van der Waals surface area (Å²) in [7, 11) is 0. The van der Waals surface area contributed by atoms with Crippen molar-refractivity contribution in [2.75, 3.05) is 0 Å². The zero-order chi connectivity index (χ0) is 15.4. The number of nitrogens with zero attached hydrogens (tertiary/aromatic N) is 1. The Morgan fingerprint density at radius 1 is 0.955 bits per heavy atom. The number of hydrogen-bond acceptors (Lipinski definition) is 2. The van der Waals surface area contributed by atoms with Crippen molar-refractivity contribution in [2.45, 2.75) is 0 Å². The van der Waals surface area contributed by atoms with Gasteiger partial charge in [-0.2, -0.15) is 5.10 Å². The Morgan fingerprint density at radius 2 is 1.77 bits per heavy atom. The topological polar surface area (TPSA) is 41.5 Å². The summed E-state index contributed by atoms with van der Waals surface area (Å²) in [6, 6.07) is 20.8. The molecule has 0 aliphatic heterocycles. The largest absolute Gasteiger partial charge is 0.271 e. The van der Waals surface area contributed by atoms with E-state index in [2.05, 4.69) is 16.6 Å². The molecule has 0 unspecified atom stereocenters. The molecule has 3 aromatic carbocycles. The smallest absolute Gasteiger partial charge is 0.267 e. The number of amides is 1. The lowest BCUT2D eigenvalue weighted by molar-refractivity contribution is 0.0955. The molecule has 0 bridgehead atoms. The van der Waals surface area contributed by atoms with Gasteiger partial charge < -0.3 is 0 Å². The number of fused-ring (bicyclic) bond motifs is 1. The summed E-state index contributed by atoms with van der Waals surface area (Å²) in [6.45, 7) is 0. The van der Waals surface area contributed by atoms with Crippen LogP contribution in [0.3, 0.4) is 0 Å². The van der Waals surface area contributed by atoms with E-state index < -0.39 is 0 Å². The van der Waals surface area contributed by atoms with E-state index in [0.717, 1.165) is 10.9 Å². The molecule has 0 saturated carbocycles. The second-order valence-electron chi connectivity index (χ2n) is 4.82. The van der Waals surface area contributed by atoms with Gasteiger partial charge in [0.25, 0.3) is 5.91 Å². The van der Waals surface area contributed by atoms with Gasteiger partial charge in [0.2, 0.25) is 0 Å². The molecule has 0 aliphatic carbocycles. The minimum atomic E-state index is -0.292. The van der Waals surface area contributed by atoms with E-state index in [1.807, 2.05) is 36.4 Å². The molecule has 22 heavy (non-hydrogen) atoms. The average Bonchev–Trinajstić information content (AvgIpc) is 2.54. The van der Waals surface area contributed by atoms with Crippen molar-refractivity contribution in [3.05, 3.63) is 82.9 Å². The van der Waals surface area contributed by atoms with Gasteiger partial charge in [-0.1, -0.05) is 54.1 Å². The summed E-state index contributed by atoms with van der Waals surface area (Å²) in [6.07, 6.45) is 1.62. The van der Waals surface area contributed by atoms with Crippen LogP contribution in [0.15, 0.2) is 71.8 Å². The third-order valence-electron chi connectivity index (χ3n) is 3.24. The maximum atomic E-state index is 11.9. The van der Waals surface area contributed by atoms with Crippen LogP contribution in [0.4, 0.5) is 0 Å². The van der Waals surface area contributed by atoms with E-state index in [1.165, 1.54) is 5.39 Å². The number of carbonyl (C=O) groups excluding carboxylic acids is 1. The van der Waals surface area contributed by atoms with Crippen LogP contribution in [-0.2, 0) is 0 Å². The quantitative estimate of drug-likeness (QED) is 0.570. The summed E-state index contributed by atoms with van der Waals surface area (Å²) in [4.78, 5) is 11.9. The Hall–Kier alpha value is -2.65. The molecule has 0 heterocycles. The van der Waals surface area contributed by atoms with Crippen LogP contribution in [0.25, 0.3) is 10.8 Å². The second-order valence-corrected chi connectivity index (χ2v) is 5.25. The first-order valence-electron chi connectivity index (χ1n) is 6.80. The Balaban J connectivity index is 1.72. The molecule has 3 aromatic rings. The van der Waals surface area contributed by atoms with Crippen LogP contribution in [0.2, 0.25) is 5.02 Å². The first kappa shape index (κ1) is 14.3. The van der Waals surface area contributed by atoms with Crippen molar-refractivity contribution in [2.24, 2.45) is 5.10 Å². The Bertz CT molecular complexity index is 858. The molecular weight excluding hydrogens is 296 g/mol. The van der Waals surface area contributed by atoms with Gasteiger partial charge in [-0.15, -0.1) is 0 Å². The minimum Gasteiger partial charge on any atom is -0.267 e. The molecular formula is C18H13ClN2O. The number of hydrogen-bond donors (Lipinski definition) is 1. The van der Waals surface area contributed by atoms with Crippen LogP contribution in [0, 0.1) is 0 Å². The summed E-state index contributed by atoms with van der Waals surface area (Å²) in [5.41, 5.74) is 3.89. The summed E-state index contributed by atoms with van der Waals surface area (Å²) in [5, 5.41) is 6.81. The van der Waals surface area contributed by atoms with Crippen molar-refractivity contribution in [3.63, 3.8) is 0 Å². The van der Waals surface area contributed by atoms with Gasteiger partial charge in [-0.05, 0) is 40.6 Å². The monoisotopic (exact) mass is 308 g/mol. The van der Waals surface area contributed by atoms with E-state index in [0.29, 0.717) is 10.6 Å². The van der Waals surface area contributed by atoms with E-state index >= 15 is 0 Å². The van der Waals surface area contributed by atoms with Crippen LogP contribution >= 0.6 is 11.6 Å². The number of benzene rings is 3. The highest BCUT2D eigenvalue weighted by Crippen LogP contribution is 2.14. The van der Waals surface area contributed by atoms with Gasteiger partial charge in [0.05, 0.1) is 6.21 Å².